The highest BCUT2D eigenvalue weighted by Crippen LogP contribution is 2.36. The molecule has 1 aromatic heterocycles. The van der Waals surface area contributed by atoms with Gasteiger partial charge in [0.25, 0.3) is 0 Å². The number of hydrazone groups is 1. The number of nitrogens with one attached hydrogen (secondary N) is 3. The van der Waals surface area contributed by atoms with E-state index in [9.17, 15) is 0 Å². The van der Waals surface area contributed by atoms with E-state index in [1.54, 1.807) is 18.6 Å². The van der Waals surface area contributed by atoms with E-state index < -0.39 is 0 Å². The van der Waals surface area contributed by atoms with Crippen molar-refractivity contribution in [3.05, 3.63) is 58.8 Å². The predicted molar refractivity (Wildman–Crippen MR) is 139 cm³/mol. The highest BCUT2D eigenvalue weighted by molar-refractivity contribution is 6.11. The molecule has 1 fully saturated rings. The molecule has 0 atom stereocenters. The van der Waals surface area contributed by atoms with Crippen LogP contribution in [0.5, 0.6) is 11.5 Å². The van der Waals surface area contributed by atoms with Gasteiger partial charge in [-0.2, -0.15) is 5.10 Å². The number of benzene rings is 1. The summed E-state index contributed by atoms with van der Waals surface area (Å²) in [5.74, 6) is 2.96. The van der Waals surface area contributed by atoms with Crippen molar-refractivity contribution < 1.29 is 4.74 Å². The number of H-pyrrole nitrogens is 1. The number of ether oxygens (including phenoxy) is 1. The highest BCUT2D eigenvalue weighted by atomic mass is 16.5. The summed E-state index contributed by atoms with van der Waals surface area (Å²) in [6.45, 7) is 2.92. The molecule has 3 aliphatic rings. The predicted octanol–water partition coefficient (Wildman–Crippen LogP) is 4.26. The minimum Gasteiger partial charge on any atom is -0.457 e. The minimum atomic E-state index is 0.372. The number of amidine groups is 1. The van der Waals surface area contributed by atoms with Gasteiger partial charge in [0, 0.05) is 30.5 Å². The molecule has 2 aromatic rings. The zero-order chi connectivity index (χ0) is 24.2. The van der Waals surface area contributed by atoms with Crippen molar-refractivity contribution in [2.75, 3.05) is 11.9 Å². The van der Waals surface area contributed by atoms with E-state index in [2.05, 4.69) is 36.5 Å². The zero-order valence-electron chi connectivity index (χ0n) is 20.0. The van der Waals surface area contributed by atoms with E-state index >= 15 is 0 Å². The summed E-state index contributed by atoms with van der Waals surface area (Å²) in [4.78, 5) is 11.5. The van der Waals surface area contributed by atoms with Gasteiger partial charge in [-0.05, 0) is 86.8 Å². The monoisotopic (exact) mass is 472 g/mol. The number of fused-ring (bicyclic) bond motifs is 1. The molecule has 0 radical (unpaired) electrons. The van der Waals surface area contributed by atoms with Gasteiger partial charge in [-0.25, -0.2) is 9.98 Å². The molecular weight excluding hydrogens is 440 g/mol. The van der Waals surface area contributed by atoms with Crippen LogP contribution in [0.25, 0.3) is 0 Å². The molecular formula is C26H32N8O. The third-order valence-electron chi connectivity index (χ3n) is 6.87. The molecule has 0 amide bonds. The second-order valence-corrected chi connectivity index (χ2v) is 9.39. The van der Waals surface area contributed by atoms with Gasteiger partial charge in [0.1, 0.15) is 35.4 Å². The Morgan fingerprint density at radius 1 is 1.26 bits per heavy atom. The number of hydrogen-bond acceptors (Lipinski definition) is 7. The number of anilines is 1. The maximum Gasteiger partial charge on any atom is 0.157 e. The lowest BCUT2D eigenvalue weighted by Gasteiger charge is -2.27. The lowest BCUT2D eigenvalue weighted by molar-refractivity contribution is 0.323. The first-order valence-corrected chi connectivity index (χ1v) is 12.2. The Morgan fingerprint density at radius 2 is 2.11 bits per heavy atom. The normalized spacial score (nSPS) is 22.2. The lowest BCUT2D eigenvalue weighted by Crippen LogP contribution is -2.29. The number of nitrogens with zero attached hydrogens (tertiary/aromatic N) is 4. The van der Waals surface area contributed by atoms with Crippen LogP contribution in [0.2, 0.25) is 0 Å². The Kier molecular flexibility index (Phi) is 6.76. The second kappa shape index (κ2) is 10.3. The van der Waals surface area contributed by atoms with E-state index in [1.807, 2.05) is 25.1 Å². The van der Waals surface area contributed by atoms with Gasteiger partial charge >= 0.3 is 0 Å². The molecule has 0 bridgehead atoms. The second-order valence-electron chi connectivity index (χ2n) is 9.39. The smallest absolute Gasteiger partial charge is 0.157 e. The van der Waals surface area contributed by atoms with Crippen LogP contribution in [0.4, 0.5) is 5.69 Å². The number of aliphatic imine (C=N–C) groups is 1. The molecule has 0 unspecified atom stereocenters. The topological polar surface area (TPSA) is 127 Å². The maximum absolute atomic E-state index is 7.14. The Bertz CT molecular complexity index is 1250. The van der Waals surface area contributed by atoms with Crippen molar-refractivity contribution in [2.45, 2.75) is 51.5 Å². The van der Waals surface area contributed by atoms with Crippen LogP contribution in [-0.2, 0) is 0 Å². The van der Waals surface area contributed by atoms with Crippen molar-refractivity contribution in [3.63, 3.8) is 0 Å². The van der Waals surface area contributed by atoms with Gasteiger partial charge in [-0.3, -0.25) is 10.4 Å². The molecule has 1 aliphatic carbocycles. The van der Waals surface area contributed by atoms with Crippen LogP contribution in [0, 0.1) is 18.3 Å². The van der Waals surface area contributed by atoms with Crippen molar-refractivity contribution >= 4 is 24.2 Å². The van der Waals surface area contributed by atoms with Crippen LogP contribution in [0.3, 0.4) is 0 Å². The first-order valence-electron chi connectivity index (χ1n) is 12.2. The van der Waals surface area contributed by atoms with Crippen molar-refractivity contribution in [2.24, 2.45) is 26.7 Å². The third kappa shape index (κ3) is 5.35. The van der Waals surface area contributed by atoms with Gasteiger partial charge in [0.2, 0.25) is 0 Å². The summed E-state index contributed by atoms with van der Waals surface area (Å²) in [7, 11) is 0. The van der Waals surface area contributed by atoms with Crippen molar-refractivity contribution in [1.29, 1.82) is 5.41 Å². The minimum absolute atomic E-state index is 0.372. The van der Waals surface area contributed by atoms with Crippen LogP contribution < -0.4 is 21.3 Å². The average molecular weight is 473 g/mol. The SMILES string of the molecule is Cc1cc(NC2=NC=NN3CCC(CC4CCC(N)CC4)=C23)ccc1Oc1cc[nH]/c(=N\C=N)c1. The number of nitrogens with two attached hydrogens (primary N) is 1. The molecule has 5 N–H and O–H groups in total. The highest BCUT2D eigenvalue weighted by Gasteiger charge is 2.30. The molecule has 182 valence electrons. The summed E-state index contributed by atoms with van der Waals surface area (Å²) in [5, 5.41) is 17.2. The largest absolute Gasteiger partial charge is 0.457 e. The fraction of sp³-hybridized carbons (Fsp3) is 0.385. The first-order chi connectivity index (χ1) is 17.1. The van der Waals surface area contributed by atoms with Crippen LogP contribution in [-0.4, -0.2) is 41.1 Å². The lowest BCUT2D eigenvalue weighted by atomic mass is 9.82. The number of aromatic amines is 1. The number of aromatic nitrogens is 1. The number of pyridine rings is 1. The molecule has 0 saturated heterocycles. The molecule has 1 aromatic carbocycles. The number of rotatable bonds is 6. The Hall–Kier alpha value is -3.72. The molecule has 2 aliphatic heterocycles. The third-order valence-corrected chi connectivity index (χ3v) is 6.87. The zero-order valence-corrected chi connectivity index (χ0v) is 20.0. The van der Waals surface area contributed by atoms with E-state index in [0.29, 0.717) is 23.2 Å². The Labute approximate surface area is 205 Å². The number of hydrogen-bond donors (Lipinski definition) is 4. The molecule has 1 saturated carbocycles. The van der Waals surface area contributed by atoms with Crippen LogP contribution in [0.1, 0.15) is 44.1 Å². The van der Waals surface area contributed by atoms with Crippen molar-refractivity contribution in [3.8, 4) is 11.5 Å². The summed E-state index contributed by atoms with van der Waals surface area (Å²) in [6, 6.07) is 9.96. The van der Waals surface area contributed by atoms with Gasteiger partial charge in [0.15, 0.2) is 5.84 Å². The van der Waals surface area contributed by atoms with Gasteiger partial charge in [0.05, 0.1) is 0 Å². The van der Waals surface area contributed by atoms with Crippen molar-refractivity contribution in [1.82, 2.24) is 9.99 Å². The van der Waals surface area contributed by atoms with Gasteiger partial charge < -0.3 is 20.8 Å². The van der Waals surface area contributed by atoms with E-state index in [0.717, 1.165) is 67.1 Å². The molecule has 35 heavy (non-hydrogen) atoms. The fourth-order valence-electron chi connectivity index (χ4n) is 5.04. The molecule has 9 nitrogen and oxygen atoms in total. The van der Waals surface area contributed by atoms with E-state index in [4.69, 9.17) is 15.9 Å². The molecule has 9 heteroatoms. The molecule has 3 heterocycles. The summed E-state index contributed by atoms with van der Waals surface area (Å²) < 4.78 is 6.06. The van der Waals surface area contributed by atoms with E-state index in [-0.39, 0.29) is 0 Å². The average Bonchev–Trinajstić information content (AvgIpc) is 3.26. The van der Waals surface area contributed by atoms with Gasteiger partial charge in [-0.15, -0.1) is 0 Å². The van der Waals surface area contributed by atoms with Crippen LogP contribution >= 0.6 is 0 Å². The Morgan fingerprint density at radius 3 is 2.91 bits per heavy atom. The quantitative estimate of drug-likeness (QED) is 0.370. The summed E-state index contributed by atoms with van der Waals surface area (Å²) >= 11 is 0. The maximum atomic E-state index is 7.14. The molecule has 5 rings (SSSR count). The first kappa shape index (κ1) is 23.0. The Balaban J connectivity index is 1.31. The van der Waals surface area contributed by atoms with Gasteiger partial charge in [-0.1, -0.05) is 0 Å². The standard InChI is InChI=1S/C26H32N8O/c1-17-12-21(6-7-23(17)35-22-8-10-29-24(14-22)30-15-27)33-26-25-19(9-11-34(25)32-16-31-26)13-18-2-4-20(28)5-3-18/h6-8,10,12,14-16,18,20H,2-5,9,11,13,28H2,1H3,(H2,27,29,30)(H,31,32,33). The summed E-state index contributed by atoms with van der Waals surface area (Å²) in [5.41, 5.74) is 11.2. The van der Waals surface area contributed by atoms with E-state index in [1.165, 1.54) is 18.4 Å². The summed E-state index contributed by atoms with van der Waals surface area (Å²) in [6.07, 6.45) is 11.2. The fourth-order valence-corrected chi connectivity index (χ4v) is 5.04. The van der Waals surface area contributed by atoms with Crippen LogP contribution in [0.15, 0.2) is 62.9 Å². The molecule has 0 spiro atoms. The number of aryl methyl sites for hydroxylation is 1.